The van der Waals surface area contributed by atoms with Crippen LogP contribution in [0.1, 0.15) is 19.8 Å². The van der Waals surface area contributed by atoms with Crippen molar-refractivity contribution >= 4 is 0 Å². The Hall–Kier alpha value is -0.160. The van der Waals surface area contributed by atoms with E-state index < -0.39 is 0 Å². The Morgan fingerprint density at radius 2 is 2.40 bits per heavy atom. The third-order valence-corrected chi connectivity index (χ3v) is 2.45. The monoisotopic (exact) mass is 217 g/mol. The Labute approximate surface area is 92.3 Å². The van der Waals surface area contributed by atoms with Gasteiger partial charge in [0, 0.05) is 26.9 Å². The molecule has 1 rings (SSSR count). The summed E-state index contributed by atoms with van der Waals surface area (Å²) in [6, 6.07) is 0. The first-order valence-corrected chi connectivity index (χ1v) is 5.75. The molecule has 0 amide bonds. The largest absolute Gasteiger partial charge is 0.385 e. The van der Waals surface area contributed by atoms with E-state index in [9.17, 15) is 0 Å². The fourth-order valence-electron chi connectivity index (χ4n) is 1.64. The summed E-state index contributed by atoms with van der Waals surface area (Å²) in [5.41, 5.74) is 0. The maximum Gasteiger partial charge on any atom is 0.0834 e. The standard InChI is InChI=1S/C11H23NO3/c1-10(8-12-5-3-6-13-2)15-11-4-7-14-9-11/h10-12H,3-9H2,1-2H3. The third-order valence-electron chi connectivity index (χ3n) is 2.45. The molecule has 0 spiro atoms. The quantitative estimate of drug-likeness (QED) is 0.611. The van der Waals surface area contributed by atoms with Gasteiger partial charge in [-0.15, -0.1) is 0 Å². The molecule has 4 nitrogen and oxygen atoms in total. The van der Waals surface area contributed by atoms with Gasteiger partial charge in [0.05, 0.1) is 18.8 Å². The van der Waals surface area contributed by atoms with Crippen molar-refractivity contribution in [2.24, 2.45) is 0 Å². The van der Waals surface area contributed by atoms with Crippen LogP contribution >= 0.6 is 0 Å². The second-order valence-corrected chi connectivity index (χ2v) is 3.98. The average molecular weight is 217 g/mol. The Morgan fingerprint density at radius 1 is 1.53 bits per heavy atom. The lowest BCUT2D eigenvalue weighted by atomic mass is 10.3. The SMILES string of the molecule is COCCCNCC(C)OC1CCOC1. The Kier molecular flexibility index (Phi) is 6.92. The summed E-state index contributed by atoms with van der Waals surface area (Å²) in [5.74, 6) is 0. The molecule has 0 bridgehead atoms. The molecular formula is C11H23NO3. The third kappa shape index (κ3) is 6.10. The highest BCUT2D eigenvalue weighted by Crippen LogP contribution is 2.10. The van der Waals surface area contributed by atoms with Crippen LogP contribution in [0, 0.1) is 0 Å². The van der Waals surface area contributed by atoms with E-state index in [-0.39, 0.29) is 6.10 Å². The molecule has 15 heavy (non-hydrogen) atoms. The van der Waals surface area contributed by atoms with Gasteiger partial charge in [-0.25, -0.2) is 0 Å². The van der Waals surface area contributed by atoms with Crippen LogP contribution in [0.3, 0.4) is 0 Å². The average Bonchev–Trinajstić information content (AvgIpc) is 2.70. The van der Waals surface area contributed by atoms with Crippen LogP contribution in [-0.2, 0) is 14.2 Å². The molecule has 0 aliphatic carbocycles. The Morgan fingerprint density at radius 3 is 3.07 bits per heavy atom. The van der Waals surface area contributed by atoms with Crippen molar-refractivity contribution in [1.82, 2.24) is 5.32 Å². The number of hydrogen-bond acceptors (Lipinski definition) is 4. The van der Waals surface area contributed by atoms with E-state index in [1.807, 2.05) is 0 Å². The zero-order valence-corrected chi connectivity index (χ0v) is 9.83. The lowest BCUT2D eigenvalue weighted by Crippen LogP contribution is -2.31. The molecular weight excluding hydrogens is 194 g/mol. The number of ether oxygens (including phenoxy) is 3. The van der Waals surface area contributed by atoms with Crippen molar-refractivity contribution in [3.63, 3.8) is 0 Å². The first-order valence-electron chi connectivity index (χ1n) is 5.75. The zero-order valence-electron chi connectivity index (χ0n) is 9.83. The fraction of sp³-hybridized carbons (Fsp3) is 1.00. The Balaban J connectivity index is 1.91. The predicted molar refractivity (Wildman–Crippen MR) is 59.1 cm³/mol. The lowest BCUT2D eigenvalue weighted by Gasteiger charge is -2.17. The molecule has 1 fully saturated rings. The predicted octanol–water partition coefficient (Wildman–Crippen LogP) is 0.806. The molecule has 0 aromatic carbocycles. The summed E-state index contributed by atoms with van der Waals surface area (Å²) in [6.45, 7) is 6.41. The van der Waals surface area contributed by atoms with Crippen LogP contribution in [-0.4, -0.2) is 52.2 Å². The first-order chi connectivity index (χ1) is 7.33. The van der Waals surface area contributed by atoms with E-state index in [0.29, 0.717) is 6.10 Å². The summed E-state index contributed by atoms with van der Waals surface area (Å²) in [4.78, 5) is 0. The highest BCUT2D eigenvalue weighted by atomic mass is 16.5. The molecule has 2 atom stereocenters. The van der Waals surface area contributed by atoms with E-state index in [1.54, 1.807) is 7.11 Å². The van der Waals surface area contributed by atoms with Crippen LogP contribution in [0.2, 0.25) is 0 Å². The van der Waals surface area contributed by atoms with Gasteiger partial charge < -0.3 is 19.5 Å². The van der Waals surface area contributed by atoms with Crippen molar-refractivity contribution in [1.29, 1.82) is 0 Å². The highest BCUT2D eigenvalue weighted by molar-refractivity contribution is 4.66. The summed E-state index contributed by atoms with van der Waals surface area (Å²) < 4.78 is 16.0. The molecule has 0 saturated carbocycles. The van der Waals surface area contributed by atoms with Gasteiger partial charge in [0.25, 0.3) is 0 Å². The van der Waals surface area contributed by atoms with E-state index in [2.05, 4.69) is 12.2 Å². The van der Waals surface area contributed by atoms with Crippen LogP contribution in [0.25, 0.3) is 0 Å². The van der Waals surface area contributed by atoms with E-state index in [0.717, 1.165) is 45.8 Å². The van der Waals surface area contributed by atoms with Gasteiger partial charge in [-0.3, -0.25) is 0 Å². The lowest BCUT2D eigenvalue weighted by molar-refractivity contribution is -0.00560. The second-order valence-electron chi connectivity index (χ2n) is 3.98. The molecule has 4 heteroatoms. The maximum absolute atomic E-state index is 5.80. The smallest absolute Gasteiger partial charge is 0.0834 e. The van der Waals surface area contributed by atoms with Crippen molar-refractivity contribution in [2.75, 3.05) is 40.0 Å². The minimum atomic E-state index is 0.263. The summed E-state index contributed by atoms with van der Waals surface area (Å²) >= 11 is 0. The zero-order chi connectivity index (χ0) is 10.9. The van der Waals surface area contributed by atoms with Crippen molar-refractivity contribution < 1.29 is 14.2 Å². The summed E-state index contributed by atoms with van der Waals surface area (Å²) in [5, 5.41) is 3.35. The van der Waals surface area contributed by atoms with Crippen LogP contribution < -0.4 is 5.32 Å². The van der Waals surface area contributed by atoms with E-state index >= 15 is 0 Å². The van der Waals surface area contributed by atoms with Crippen LogP contribution in [0.4, 0.5) is 0 Å². The molecule has 1 aliphatic heterocycles. The van der Waals surface area contributed by atoms with E-state index in [4.69, 9.17) is 14.2 Å². The van der Waals surface area contributed by atoms with Crippen LogP contribution in [0.5, 0.6) is 0 Å². The minimum Gasteiger partial charge on any atom is -0.385 e. The fourth-order valence-corrected chi connectivity index (χ4v) is 1.64. The molecule has 1 saturated heterocycles. The van der Waals surface area contributed by atoms with Gasteiger partial charge in [-0.05, 0) is 26.3 Å². The van der Waals surface area contributed by atoms with E-state index in [1.165, 1.54) is 0 Å². The molecule has 2 unspecified atom stereocenters. The molecule has 0 radical (unpaired) electrons. The normalized spacial score (nSPS) is 23.2. The second kappa shape index (κ2) is 8.05. The minimum absolute atomic E-state index is 0.263. The molecule has 90 valence electrons. The van der Waals surface area contributed by atoms with Crippen molar-refractivity contribution in [3.05, 3.63) is 0 Å². The number of hydrogen-bond donors (Lipinski definition) is 1. The van der Waals surface area contributed by atoms with Gasteiger partial charge in [0.15, 0.2) is 0 Å². The van der Waals surface area contributed by atoms with Gasteiger partial charge >= 0.3 is 0 Å². The van der Waals surface area contributed by atoms with Gasteiger partial charge in [-0.1, -0.05) is 0 Å². The van der Waals surface area contributed by atoms with Gasteiger partial charge in [0.1, 0.15) is 0 Å². The van der Waals surface area contributed by atoms with Crippen molar-refractivity contribution in [2.45, 2.75) is 32.0 Å². The maximum atomic E-state index is 5.80. The number of rotatable bonds is 8. The van der Waals surface area contributed by atoms with Crippen LogP contribution in [0.15, 0.2) is 0 Å². The van der Waals surface area contributed by atoms with Gasteiger partial charge in [0.2, 0.25) is 0 Å². The number of nitrogens with one attached hydrogen (secondary N) is 1. The molecule has 0 aromatic rings. The topological polar surface area (TPSA) is 39.7 Å². The van der Waals surface area contributed by atoms with Crippen molar-refractivity contribution in [3.8, 4) is 0 Å². The molecule has 1 N–H and O–H groups in total. The summed E-state index contributed by atoms with van der Waals surface area (Å²) in [6.07, 6.45) is 2.66. The molecule has 0 aromatic heterocycles. The Bertz CT molecular complexity index is 149. The number of methoxy groups -OCH3 is 1. The summed E-state index contributed by atoms with van der Waals surface area (Å²) in [7, 11) is 1.73. The molecule has 1 heterocycles. The first kappa shape index (κ1) is 12.9. The van der Waals surface area contributed by atoms with Gasteiger partial charge in [-0.2, -0.15) is 0 Å². The molecule has 1 aliphatic rings. The highest BCUT2D eigenvalue weighted by Gasteiger charge is 2.18.